The standard InChI is InChI=1S/C8H10O3.2C7H8O/c1-10-6-3-4-8(11-2)7(9)5-6;1-6-2-4-7(8)5-3-6;1-6-3-2-4-7(8)5-6/h3-5,9H,1-2H3;2*2-5,8H,1H3. The number of rotatable bonds is 2. The van der Waals surface area contributed by atoms with Gasteiger partial charge in [0.15, 0.2) is 11.5 Å². The Hall–Kier alpha value is -3.34. The Labute approximate surface area is 160 Å². The second-order valence-corrected chi connectivity index (χ2v) is 5.71. The second-order valence-electron chi connectivity index (χ2n) is 5.71. The molecule has 0 aliphatic carbocycles. The SMILES string of the molecule is COc1ccc(OC)c(O)c1.Cc1ccc(O)cc1.Cc1cccc(O)c1. The molecule has 0 radical (unpaired) electrons. The topological polar surface area (TPSA) is 79.2 Å². The van der Waals surface area contributed by atoms with Crippen molar-refractivity contribution in [3.63, 3.8) is 0 Å². The molecule has 27 heavy (non-hydrogen) atoms. The van der Waals surface area contributed by atoms with E-state index in [1.807, 2.05) is 38.1 Å². The highest BCUT2D eigenvalue weighted by molar-refractivity contribution is 5.44. The largest absolute Gasteiger partial charge is 0.508 e. The van der Waals surface area contributed by atoms with Crippen molar-refractivity contribution in [2.24, 2.45) is 0 Å². The van der Waals surface area contributed by atoms with Gasteiger partial charge in [-0.15, -0.1) is 0 Å². The van der Waals surface area contributed by atoms with E-state index in [1.54, 1.807) is 43.5 Å². The van der Waals surface area contributed by atoms with Crippen molar-refractivity contribution in [3.8, 4) is 28.7 Å². The van der Waals surface area contributed by atoms with Crippen LogP contribution in [0.1, 0.15) is 11.1 Å². The van der Waals surface area contributed by atoms with Crippen molar-refractivity contribution >= 4 is 0 Å². The van der Waals surface area contributed by atoms with Crippen LogP contribution in [0.5, 0.6) is 28.7 Å². The smallest absolute Gasteiger partial charge is 0.161 e. The molecule has 0 saturated carbocycles. The molecule has 0 amide bonds. The van der Waals surface area contributed by atoms with Gasteiger partial charge in [-0.05, 0) is 55.8 Å². The lowest BCUT2D eigenvalue weighted by Gasteiger charge is -2.04. The summed E-state index contributed by atoms with van der Waals surface area (Å²) in [6, 6.07) is 19.1. The molecule has 0 atom stereocenters. The summed E-state index contributed by atoms with van der Waals surface area (Å²) in [7, 11) is 3.04. The van der Waals surface area contributed by atoms with Crippen molar-refractivity contribution in [2.45, 2.75) is 13.8 Å². The average Bonchev–Trinajstić information content (AvgIpc) is 2.65. The zero-order chi connectivity index (χ0) is 20.2. The van der Waals surface area contributed by atoms with Crippen LogP contribution in [0.4, 0.5) is 0 Å². The molecule has 0 unspecified atom stereocenters. The van der Waals surface area contributed by atoms with Gasteiger partial charge in [-0.25, -0.2) is 0 Å². The fourth-order valence-corrected chi connectivity index (χ4v) is 1.97. The number of aromatic hydroxyl groups is 3. The van der Waals surface area contributed by atoms with Gasteiger partial charge in [-0.1, -0.05) is 29.8 Å². The van der Waals surface area contributed by atoms with Gasteiger partial charge in [-0.2, -0.15) is 0 Å². The number of benzene rings is 3. The third-order valence-electron chi connectivity index (χ3n) is 3.42. The first-order chi connectivity index (χ1) is 12.8. The van der Waals surface area contributed by atoms with Crippen LogP contribution in [0.3, 0.4) is 0 Å². The Balaban J connectivity index is 0.000000206. The number of phenols is 3. The molecule has 0 saturated heterocycles. The molecular weight excluding hydrogens is 344 g/mol. The number of hydrogen-bond donors (Lipinski definition) is 3. The van der Waals surface area contributed by atoms with Crippen LogP contribution in [-0.4, -0.2) is 29.5 Å². The van der Waals surface area contributed by atoms with Gasteiger partial charge < -0.3 is 24.8 Å². The third-order valence-corrected chi connectivity index (χ3v) is 3.42. The van der Waals surface area contributed by atoms with Crippen LogP contribution in [0.25, 0.3) is 0 Å². The summed E-state index contributed by atoms with van der Waals surface area (Å²) in [5, 5.41) is 26.8. The Morgan fingerprint density at radius 2 is 1.30 bits per heavy atom. The predicted molar refractivity (Wildman–Crippen MR) is 107 cm³/mol. The van der Waals surface area contributed by atoms with Crippen molar-refractivity contribution in [2.75, 3.05) is 14.2 Å². The maximum Gasteiger partial charge on any atom is 0.161 e. The first kappa shape index (κ1) is 21.7. The molecule has 3 aromatic rings. The Morgan fingerprint density at radius 3 is 1.70 bits per heavy atom. The maximum atomic E-state index is 9.22. The highest BCUT2D eigenvalue weighted by atomic mass is 16.5. The van der Waals surface area contributed by atoms with Gasteiger partial charge in [0.05, 0.1) is 14.2 Å². The van der Waals surface area contributed by atoms with Crippen LogP contribution < -0.4 is 9.47 Å². The molecule has 3 aromatic carbocycles. The van der Waals surface area contributed by atoms with E-state index in [-0.39, 0.29) is 5.75 Å². The third kappa shape index (κ3) is 8.54. The van der Waals surface area contributed by atoms with E-state index in [9.17, 15) is 5.11 Å². The Bertz CT molecular complexity index is 775. The monoisotopic (exact) mass is 370 g/mol. The normalized spacial score (nSPS) is 9.19. The molecule has 0 aromatic heterocycles. The van der Waals surface area contributed by atoms with Crippen molar-refractivity contribution < 1.29 is 24.8 Å². The van der Waals surface area contributed by atoms with E-state index >= 15 is 0 Å². The van der Waals surface area contributed by atoms with E-state index < -0.39 is 0 Å². The number of methoxy groups -OCH3 is 2. The van der Waals surface area contributed by atoms with Gasteiger partial charge in [-0.3, -0.25) is 0 Å². The van der Waals surface area contributed by atoms with Crippen molar-refractivity contribution in [3.05, 3.63) is 77.9 Å². The van der Waals surface area contributed by atoms with Crippen LogP contribution >= 0.6 is 0 Å². The summed E-state index contributed by atoms with van der Waals surface area (Å²) in [6.45, 7) is 3.93. The molecule has 5 heteroatoms. The van der Waals surface area contributed by atoms with E-state index in [0.717, 1.165) is 5.56 Å². The Kier molecular flexibility index (Phi) is 9.09. The van der Waals surface area contributed by atoms with Gasteiger partial charge in [0.25, 0.3) is 0 Å². The van der Waals surface area contributed by atoms with Gasteiger partial charge in [0.2, 0.25) is 0 Å². The maximum absolute atomic E-state index is 9.22. The number of ether oxygens (including phenoxy) is 2. The van der Waals surface area contributed by atoms with Crippen LogP contribution in [-0.2, 0) is 0 Å². The van der Waals surface area contributed by atoms with Crippen LogP contribution in [0.2, 0.25) is 0 Å². The van der Waals surface area contributed by atoms with E-state index in [4.69, 9.17) is 19.7 Å². The van der Waals surface area contributed by atoms with E-state index in [0.29, 0.717) is 23.0 Å². The summed E-state index contributed by atoms with van der Waals surface area (Å²) in [6.07, 6.45) is 0. The summed E-state index contributed by atoms with van der Waals surface area (Å²) < 4.78 is 9.72. The number of phenolic OH excluding ortho intramolecular Hbond substituents is 3. The predicted octanol–water partition coefficient (Wildman–Crippen LogP) is 4.81. The van der Waals surface area contributed by atoms with Gasteiger partial charge in [0.1, 0.15) is 17.2 Å². The lowest BCUT2D eigenvalue weighted by atomic mass is 10.2. The molecule has 0 spiro atoms. The zero-order valence-electron chi connectivity index (χ0n) is 16.0. The highest BCUT2D eigenvalue weighted by Gasteiger charge is 2.00. The summed E-state index contributed by atoms with van der Waals surface area (Å²) in [5.41, 5.74) is 2.26. The molecule has 0 aliphatic rings. The minimum Gasteiger partial charge on any atom is -0.508 e. The lowest BCUT2D eigenvalue weighted by molar-refractivity contribution is 0.366. The molecular formula is C22H26O5. The molecule has 0 bridgehead atoms. The lowest BCUT2D eigenvalue weighted by Crippen LogP contribution is -1.85. The molecule has 3 N–H and O–H groups in total. The first-order valence-electron chi connectivity index (χ1n) is 8.28. The second kappa shape index (κ2) is 11.3. The fourth-order valence-electron chi connectivity index (χ4n) is 1.97. The quantitative estimate of drug-likeness (QED) is 0.603. The van der Waals surface area contributed by atoms with Crippen LogP contribution in [0.15, 0.2) is 66.7 Å². The van der Waals surface area contributed by atoms with Gasteiger partial charge in [0, 0.05) is 6.07 Å². The highest BCUT2D eigenvalue weighted by Crippen LogP contribution is 2.29. The summed E-state index contributed by atoms with van der Waals surface area (Å²) >= 11 is 0. The zero-order valence-corrected chi connectivity index (χ0v) is 16.0. The molecule has 144 valence electrons. The minimum atomic E-state index is 0.0897. The summed E-state index contributed by atoms with van der Waals surface area (Å²) in [4.78, 5) is 0. The first-order valence-corrected chi connectivity index (χ1v) is 8.28. The Morgan fingerprint density at radius 1 is 0.630 bits per heavy atom. The molecule has 0 aliphatic heterocycles. The molecule has 0 heterocycles. The van der Waals surface area contributed by atoms with E-state index in [1.165, 1.54) is 18.7 Å². The average molecular weight is 370 g/mol. The number of hydrogen-bond acceptors (Lipinski definition) is 5. The van der Waals surface area contributed by atoms with Crippen molar-refractivity contribution in [1.82, 2.24) is 0 Å². The fraction of sp³-hybridized carbons (Fsp3) is 0.182. The molecule has 3 rings (SSSR count). The summed E-state index contributed by atoms with van der Waals surface area (Å²) in [5.74, 6) is 1.82. The van der Waals surface area contributed by atoms with E-state index in [2.05, 4.69) is 0 Å². The number of aryl methyl sites for hydroxylation is 2. The molecule has 5 nitrogen and oxygen atoms in total. The van der Waals surface area contributed by atoms with Crippen LogP contribution in [0, 0.1) is 13.8 Å². The van der Waals surface area contributed by atoms with Crippen molar-refractivity contribution in [1.29, 1.82) is 0 Å². The molecule has 0 fully saturated rings. The van der Waals surface area contributed by atoms with Gasteiger partial charge >= 0.3 is 0 Å². The minimum absolute atomic E-state index is 0.0897.